The molecule has 5 heteroatoms. The van der Waals surface area contributed by atoms with Crippen LogP contribution in [-0.2, 0) is 10.0 Å². The van der Waals surface area contributed by atoms with Crippen LogP contribution in [0.5, 0.6) is 0 Å². The van der Waals surface area contributed by atoms with Crippen molar-refractivity contribution < 1.29 is 8.42 Å². The zero-order valence-corrected chi connectivity index (χ0v) is 10.7. The van der Waals surface area contributed by atoms with Crippen LogP contribution in [0.3, 0.4) is 0 Å². The third-order valence-corrected chi connectivity index (χ3v) is 4.35. The van der Waals surface area contributed by atoms with Gasteiger partial charge in [-0.15, -0.1) is 11.6 Å². The van der Waals surface area contributed by atoms with Crippen molar-refractivity contribution in [3.63, 3.8) is 0 Å². The molecule has 0 saturated heterocycles. The first kappa shape index (κ1) is 14.2. The van der Waals surface area contributed by atoms with Crippen LogP contribution in [0.15, 0.2) is 0 Å². The van der Waals surface area contributed by atoms with Crippen LogP contribution in [-0.4, -0.2) is 26.1 Å². The topological polar surface area (TPSA) is 46.2 Å². The zero-order chi connectivity index (χ0) is 11.2. The molecule has 0 aliphatic heterocycles. The Morgan fingerprint density at radius 1 is 1.29 bits per heavy atom. The number of alkyl halides is 1. The Balaban J connectivity index is 4.22. The lowest BCUT2D eigenvalue weighted by Crippen LogP contribution is -2.39. The fourth-order valence-corrected chi connectivity index (χ4v) is 3.23. The largest absolute Gasteiger partial charge is 0.213 e. The van der Waals surface area contributed by atoms with Gasteiger partial charge in [0.05, 0.1) is 5.75 Å². The van der Waals surface area contributed by atoms with E-state index in [9.17, 15) is 8.42 Å². The lowest BCUT2D eigenvalue weighted by molar-refractivity contribution is 0.391. The molecule has 0 amide bonds. The normalized spacial score (nSPS) is 14.6. The molecule has 0 aliphatic rings. The maximum atomic E-state index is 11.4. The SMILES string of the molecule is CCC(CC)C(C)NS(=O)(=O)CCCl. The summed E-state index contributed by atoms with van der Waals surface area (Å²) >= 11 is 5.40. The summed E-state index contributed by atoms with van der Waals surface area (Å²) < 4.78 is 25.4. The van der Waals surface area contributed by atoms with E-state index in [0.29, 0.717) is 5.92 Å². The van der Waals surface area contributed by atoms with E-state index in [1.165, 1.54) is 0 Å². The molecule has 1 N–H and O–H groups in total. The summed E-state index contributed by atoms with van der Waals surface area (Å²) in [5, 5.41) is 0. The summed E-state index contributed by atoms with van der Waals surface area (Å²) in [6.07, 6.45) is 1.97. The van der Waals surface area contributed by atoms with Gasteiger partial charge in [-0.2, -0.15) is 0 Å². The summed E-state index contributed by atoms with van der Waals surface area (Å²) in [5.41, 5.74) is 0. The van der Waals surface area contributed by atoms with Crippen molar-refractivity contribution in [2.75, 3.05) is 11.6 Å². The quantitative estimate of drug-likeness (QED) is 0.693. The van der Waals surface area contributed by atoms with Gasteiger partial charge in [0.25, 0.3) is 0 Å². The van der Waals surface area contributed by atoms with Crippen LogP contribution in [0, 0.1) is 5.92 Å². The van der Waals surface area contributed by atoms with Gasteiger partial charge in [-0.05, 0) is 12.8 Å². The predicted octanol–water partition coefficient (Wildman–Crippen LogP) is 1.97. The maximum Gasteiger partial charge on any atom is 0.213 e. The fourth-order valence-electron chi connectivity index (χ4n) is 1.54. The minimum atomic E-state index is -3.18. The number of hydrogen-bond acceptors (Lipinski definition) is 2. The van der Waals surface area contributed by atoms with Crippen molar-refractivity contribution in [1.29, 1.82) is 0 Å². The minimum Gasteiger partial charge on any atom is -0.212 e. The number of halogens is 1. The van der Waals surface area contributed by atoms with E-state index in [2.05, 4.69) is 18.6 Å². The highest BCUT2D eigenvalue weighted by Gasteiger charge is 2.19. The third-order valence-electron chi connectivity index (χ3n) is 2.47. The summed E-state index contributed by atoms with van der Waals surface area (Å²) in [7, 11) is -3.18. The zero-order valence-electron chi connectivity index (χ0n) is 9.09. The van der Waals surface area contributed by atoms with Gasteiger partial charge in [-0.1, -0.05) is 26.7 Å². The predicted molar refractivity (Wildman–Crippen MR) is 61.2 cm³/mol. The van der Waals surface area contributed by atoms with Gasteiger partial charge in [-0.3, -0.25) is 0 Å². The van der Waals surface area contributed by atoms with E-state index in [4.69, 9.17) is 11.6 Å². The van der Waals surface area contributed by atoms with E-state index in [-0.39, 0.29) is 17.7 Å². The third kappa shape index (κ3) is 5.17. The first-order valence-electron chi connectivity index (χ1n) is 5.02. The highest BCUT2D eigenvalue weighted by molar-refractivity contribution is 7.89. The van der Waals surface area contributed by atoms with Gasteiger partial charge in [-0.25, -0.2) is 13.1 Å². The standard InChI is InChI=1S/C9H20ClNO2S/c1-4-9(5-2)8(3)11-14(12,13)7-6-10/h8-9,11H,4-7H2,1-3H3. The van der Waals surface area contributed by atoms with Gasteiger partial charge in [0.2, 0.25) is 10.0 Å². The van der Waals surface area contributed by atoms with Gasteiger partial charge >= 0.3 is 0 Å². The van der Waals surface area contributed by atoms with Crippen molar-refractivity contribution in [3.8, 4) is 0 Å². The van der Waals surface area contributed by atoms with Crippen molar-refractivity contribution in [1.82, 2.24) is 4.72 Å². The van der Waals surface area contributed by atoms with E-state index in [1.807, 2.05) is 6.92 Å². The minimum absolute atomic E-state index is 0.000948. The number of nitrogens with one attached hydrogen (secondary N) is 1. The first-order chi connectivity index (χ1) is 6.46. The Kier molecular flexibility index (Phi) is 6.74. The van der Waals surface area contributed by atoms with Crippen molar-refractivity contribution in [2.45, 2.75) is 39.7 Å². The smallest absolute Gasteiger partial charge is 0.212 e. The molecule has 0 aromatic carbocycles. The monoisotopic (exact) mass is 241 g/mol. The van der Waals surface area contributed by atoms with Gasteiger partial charge in [0.1, 0.15) is 0 Å². The average molecular weight is 242 g/mol. The van der Waals surface area contributed by atoms with Crippen LogP contribution in [0.1, 0.15) is 33.6 Å². The summed E-state index contributed by atoms with van der Waals surface area (Å²) in [5.74, 6) is 0.546. The van der Waals surface area contributed by atoms with Crippen molar-refractivity contribution >= 4 is 21.6 Å². The lowest BCUT2D eigenvalue weighted by atomic mass is 9.96. The molecule has 3 nitrogen and oxygen atoms in total. The molecule has 1 atom stereocenters. The van der Waals surface area contributed by atoms with Crippen LogP contribution >= 0.6 is 11.6 Å². The van der Waals surface area contributed by atoms with Gasteiger partial charge < -0.3 is 0 Å². The number of rotatable bonds is 7. The fraction of sp³-hybridized carbons (Fsp3) is 1.00. The molecular weight excluding hydrogens is 222 g/mol. The Bertz CT molecular complexity index is 237. The van der Waals surface area contributed by atoms with E-state index >= 15 is 0 Å². The molecule has 0 spiro atoms. The molecule has 86 valence electrons. The maximum absolute atomic E-state index is 11.4. The van der Waals surface area contributed by atoms with Crippen LogP contribution < -0.4 is 4.72 Å². The highest BCUT2D eigenvalue weighted by atomic mass is 35.5. The summed E-state index contributed by atoms with van der Waals surface area (Å²) in [6.45, 7) is 6.05. The van der Waals surface area contributed by atoms with Crippen LogP contribution in [0.4, 0.5) is 0 Å². The van der Waals surface area contributed by atoms with Crippen molar-refractivity contribution in [3.05, 3.63) is 0 Å². The Morgan fingerprint density at radius 2 is 1.79 bits per heavy atom. The molecule has 0 fully saturated rings. The molecule has 0 aliphatic carbocycles. The Morgan fingerprint density at radius 3 is 2.14 bits per heavy atom. The first-order valence-corrected chi connectivity index (χ1v) is 7.21. The highest BCUT2D eigenvalue weighted by Crippen LogP contribution is 2.13. The number of hydrogen-bond donors (Lipinski definition) is 1. The second-order valence-corrected chi connectivity index (χ2v) is 5.74. The Labute approximate surface area is 92.3 Å². The average Bonchev–Trinajstić information content (AvgIpc) is 2.04. The second kappa shape index (κ2) is 6.64. The molecule has 0 aromatic rings. The summed E-state index contributed by atoms with van der Waals surface area (Å²) in [6, 6.07) is -0.00165. The molecular formula is C9H20ClNO2S. The van der Waals surface area contributed by atoms with Gasteiger partial charge in [0, 0.05) is 11.9 Å². The second-order valence-electron chi connectivity index (χ2n) is 3.49. The van der Waals surface area contributed by atoms with E-state index in [0.717, 1.165) is 12.8 Å². The molecule has 1 unspecified atom stereocenters. The van der Waals surface area contributed by atoms with E-state index in [1.54, 1.807) is 0 Å². The molecule has 0 aromatic heterocycles. The molecule has 0 bridgehead atoms. The van der Waals surface area contributed by atoms with Crippen molar-refractivity contribution in [2.24, 2.45) is 5.92 Å². The Hall–Kier alpha value is 0.200. The molecule has 0 heterocycles. The van der Waals surface area contributed by atoms with Crippen LogP contribution in [0.25, 0.3) is 0 Å². The molecule has 0 radical (unpaired) electrons. The molecule has 0 saturated carbocycles. The summed E-state index contributed by atoms with van der Waals surface area (Å²) in [4.78, 5) is 0. The lowest BCUT2D eigenvalue weighted by Gasteiger charge is -2.22. The van der Waals surface area contributed by atoms with E-state index < -0.39 is 10.0 Å². The number of sulfonamides is 1. The van der Waals surface area contributed by atoms with Gasteiger partial charge in [0.15, 0.2) is 0 Å². The molecule has 14 heavy (non-hydrogen) atoms. The van der Waals surface area contributed by atoms with Crippen LogP contribution in [0.2, 0.25) is 0 Å². The molecule has 0 rings (SSSR count).